The number of carbonyl (C=O) groups excluding carboxylic acids is 3. The molecular formula is C20H21N3O5S. The topological polar surface area (TPSA) is 132 Å². The molecule has 29 heavy (non-hydrogen) atoms. The minimum Gasteiger partial charge on any atom is -0.462 e. The van der Waals surface area contributed by atoms with Crippen molar-refractivity contribution in [2.45, 2.75) is 32.9 Å². The molecule has 2 aromatic rings. The summed E-state index contributed by atoms with van der Waals surface area (Å²) in [5.41, 5.74) is 6.59. The highest BCUT2D eigenvalue weighted by Gasteiger charge is 2.24. The van der Waals surface area contributed by atoms with E-state index >= 15 is 0 Å². The third-order valence-corrected chi connectivity index (χ3v) is 4.91. The average molecular weight is 415 g/mol. The van der Waals surface area contributed by atoms with Gasteiger partial charge in [-0.05, 0) is 26.0 Å². The van der Waals surface area contributed by atoms with E-state index in [4.69, 9.17) is 15.2 Å². The smallest absolute Gasteiger partial charge is 0.348 e. The second-order valence-electron chi connectivity index (χ2n) is 6.09. The van der Waals surface area contributed by atoms with Crippen LogP contribution in [0, 0.1) is 11.3 Å². The maximum Gasteiger partial charge on any atom is 0.348 e. The molecule has 1 unspecified atom stereocenters. The zero-order valence-corrected chi connectivity index (χ0v) is 16.9. The quantitative estimate of drug-likeness (QED) is 0.634. The van der Waals surface area contributed by atoms with E-state index in [1.807, 2.05) is 6.07 Å². The summed E-state index contributed by atoms with van der Waals surface area (Å²) < 4.78 is 10.2. The molecule has 0 aliphatic heterocycles. The standard InChI is InChI=1S/C20H21N3O5S/c1-3-27-20(26)17-15(14(10-21)18(22)29-17)11-28-16(24)9-12(2)23-19(25)13-7-5-4-6-8-13/h4-8,12H,3,9,11,22H2,1-2H3,(H,23,25). The number of rotatable bonds is 8. The lowest BCUT2D eigenvalue weighted by molar-refractivity contribution is -0.145. The van der Waals surface area contributed by atoms with E-state index in [-0.39, 0.29) is 46.5 Å². The number of anilines is 1. The van der Waals surface area contributed by atoms with Crippen LogP contribution in [0.3, 0.4) is 0 Å². The fraction of sp³-hybridized carbons (Fsp3) is 0.300. The molecule has 0 spiro atoms. The van der Waals surface area contributed by atoms with Gasteiger partial charge in [0.05, 0.1) is 18.6 Å². The number of nitrogens with zero attached hydrogens (tertiary/aromatic N) is 1. The van der Waals surface area contributed by atoms with Crippen molar-refractivity contribution in [3.63, 3.8) is 0 Å². The number of hydrogen-bond acceptors (Lipinski definition) is 8. The number of carbonyl (C=O) groups is 3. The number of nitrogens with two attached hydrogens (primary N) is 1. The maximum absolute atomic E-state index is 12.2. The van der Waals surface area contributed by atoms with Crippen molar-refractivity contribution in [1.29, 1.82) is 5.26 Å². The van der Waals surface area contributed by atoms with Crippen molar-refractivity contribution < 1.29 is 23.9 Å². The SMILES string of the molecule is CCOC(=O)c1sc(N)c(C#N)c1COC(=O)CC(C)NC(=O)c1ccccc1. The van der Waals surface area contributed by atoms with Gasteiger partial charge in [-0.15, -0.1) is 11.3 Å². The Morgan fingerprint density at radius 3 is 2.55 bits per heavy atom. The first-order chi connectivity index (χ1) is 13.9. The molecule has 1 heterocycles. The van der Waals surface area contributed by atoms with Crippen LogP contribution in [0.5, 0.6) is 0 Å². The van der Waals surface area contributed by atoms with Gasteiger partial charge in [0.25, 0.3) is 5.91 Å². The van der Waals surface area contributed by atoms with Gasteiger partial charge in [0.2, 0.25) is 0 Å². The summed E-state index contributed by atoms with van der Waals surface area (Å²) in [7, 11) is 0. The first-order valence-electron chi connectivity index (χ1n) is 8.87. The molecule has 0 bridgehead atoms. The zero-order chi connectivity index (χ0) is 21.4. The Bertz CT molecular complexity index is 934. The van der Waals surface area contributed by atoms with Crippen LogP contribution in [0.1, 0.15) is 51.4 Å². The predicted molar refractivity (Wildman–Crippen MR) is 107 cm³/mol. The lowest BCUT2D eigenvalue weighted by atomic mass is 10.1. The van der Waals surface area contributed by atoms with E-state index in [9.17, 15) is 19.6 Å². The number of benzene rings is 1. The van der Waals surface area contributed by atoms with E-state index in [1.54, 1.807) is 44.2 Å². The number of nitrogens with one attached hydrogen (secondary N) is 1. The lowest BCUT2D eigenvalue weighted by Gasteiger charge is -2.13. The molecule has 8 nitrogen and oxygen atoms in total. The van der Waals surface area contributed by atoms with Gasteiger partial charge in [-0.2, -0.15) is 5.26 Å². The largest absolute Gasteiger partial charge is 0.462 e. The average Bonchev–Trinajstić information content (AvgIpc) is 3.02. The maximum atomic E-state index is 12.2. The molecule has 0 radical (unpaired) electrons. The molecule has 0 fully saturated rings. The molecule has 0 aliphatic carbocycles. The Hall–Kier alpha value is -3.38. The number of nitriles is 1. The molecule has 0 saturated heterocycles. The van der Waals surface area contributed by atoms with E-state index in [0.717, 1.165) is 11.3 Å². The number of thiophene rings is 1. The summed E-state index contributed by atoms with van der Waals surface area (Å²) >= 11 is 0.918. The van der Waals surface area contributed by atoms with Gasteiger partial charge in [-0.25, -0.2) is 4.79 Å². The lowest BCUT2D eigenvalue weighted by Crippen LogP contribution is -2.34. The Labute approximate surface area is 172 Å². The predicted octanol–water partition coefficient (Wildman–Crippen LogP) is 2.63. The third-order valence-electron chi connectivity index (χ3n) is 3.87. The number of hydrogen-bond donors (Lipinski definition) is 2. The number of nitrogen functional groups attached to an aromatic ring is 1. The van der Waals surface area contributed by atoms with Crippen molar-refractivity contribution >= 4 is 34.2 Å². The Balaban J connectivity index is 1.97. The molecule has 2 rings (SSSR count). The second kappa shape index (κ2) is 10.2. The van der Waals surface area contributed by atoms with Gasteiger partial charge in [-0.3, -0.25) is 9.59 Å². The highest BCUT2D eigenvalue weighted by molar-refractivity contribution is 7.18. The molecule has 1 amide bonds. The highest BCUT2D eigenvalue weighted by atomic mass is 32.1. The molecule has 9 heteroatoms. The fourth-order valence-electron chi connectivity index (χ4n) is 2.52. The van der Waals surface area contributed by atoms with E-state index in [1.165, 1.54) is 0 Å². The summed E-state index contributed by atoms with van der Waals surface area (Å²) in [4.78, 5) is 36.5. The van der Waals surface area contributed by atoms with Crippen LogP contribution >= 0.6 is 11.3 Å². The van der Waals surface area contributed by atoms with Crippen LogP contribution in [-0.4, -0.2) is 30.5 Å². The van der Waals surface area contributed by atoms with Crippen LogP contribution in [0.15, 0.2) is 30.3 Å². The number of esters is 2. The number of amides is 1. The van der Waals surface area contributed by atoms with Crippen molar-refractivity contribution in [2.24, 2.45) is 0 Å². The summed E-state index contributed by atoms with van der Waals surface area (Å²) in [5, 5.41) is 12.2. The molecule has 0 saturated carbocycles. The Morgan fingerprint density at radius 2 is 1.93 bits per heavy atom. The highest BCUT2D eigenvalue weighted by Crippen LogP contribution is 2.31. The third kappa shape index (κ3) is 5.80. The van der Waals surface area contributed by atoms with Crippen molar-refractivity contribution in [3.05, 3.63) is 51.9 Å². The molecule has 1 aromatic carbocycles. The zero-order valence-electron chi connectivity index (χ0n) is 16.1. The minimum absolute atomic E-state index is 0.0746. The molecule has 3 N–H and O–H groups in total. The van der Waals surface area contributed by atoms with Crippen LogP contribution in [0.4, 0.5) is 5.00 Å². The second-order valence-corrected chi connectivity index (χ2v) is 7.14. The Morgan fingerprint density at radius 1 is 1.24 bits per heavy atom. The van der Waals surface area contributed by atoms with E-state index in [0.29, 0.717) is 5.56 Å². The van der Waals surface area contributed by atoms with E-state index < -0.39 is 18.0 Å². The van der Waals surface area contributed by atoms with Gasteiger partial charge in [-0.1, -0.05) is 18.2 Å². The van der Waals surface area contributed by atoms with Crippen LogP contribution in [0.2, 0.25) is 0 Å². The van der Waals surface area contributed by atoms with Crippen LogP contribution in [0.25, 0.3) is 0 Å². The monoisotopic (exact) mass is 415 g/mol. The molecular weight excluding hydrogens is 394 g/mol. The fourth-order valence-corrected chi connectivity index (χ4v) is 3.43. The molecule has 1 aromatic heterocycles. The van der Waals surface area contributed by atoms with E-state index in [2.05, 4.69) is 5.32 Å². The minimum atomic E-state index is -0.625. The van der Waals surface area contributed by atoms with Crippen molar-refractivity contribution in [2.75, 3.05) is 12.3 Å². The molecule has 152 valence electrons. The van der Waals surface area contributed by atoms with Crippen LogP contribution in [-0.2, 0) is 20.9 Å². The first kappa shape index (κ1) is 21.9. The Kier molecular flexibility index (Phi) is 7.74. The summed E-state index contributed by atoms with van der Waals surface area (Å²) in [6, 6.07) is 10.1. The summed E-state index contributed by atoms with van der Waals surface area (Å²) in [6.07, 6.45) is -0.0746. The molecule has 0 aliphatic rings. The van der Waals surface area contributed by atoms with Crippen LogP contribution < -0.4 is 11.1 Å². The summed E-state index contributed by atoms with van der Waals surface area (Å²) in [6.45, 7) is 3.21. The van der Waals surface area contributed by atoms with Gasteiger partial charge < -0.3 is 20.5 Å². The normalized spacial score (nSPS) is 11.2. The van der Waals surface area contributed by atoms with Gasteiger partial charge in [0.1, 0.15) is 22.6 Å². The van der Waals surface area contributed by atoms with Crippen molar-refractivity contribution in [3.8, 4) is 6.07 Å². The van der Waals surface area contributed by atoms with Gasteiger partial charge in [0, 0.05) is 17.2 Å². The number of ether oxygens (including phenoxy) is 2. The first-order valence-corrected chi connectivity index (χ1v) is 9.68. The van der Waals surface area contributed by atoms with Gasteiger partial charge >= 0.3 is 11.9 Å². The van der Waals surface area contributed by atoms with Gasteiger partial charge in [0.15, 0.2) is 0 Å². The van der Waals surface area contributed by atoms with Crippen molar-refractivity contribution in [1.82, 2.24) is 5.32 Å². The summed E-state index contributed by atoms with van der Waals surface area (Å²) in [5.74, 6) is -1.51. The molecule has 1 atom stereocenters.